The molecule has 0 aliphatic carbocycles. The molecule has 4 heterocycles. The standard InChI is InChI=1S/C22H40N2O2/c1-3-23-14-7-20(22(23)10-17-26-18-11-22)5-4-12-24-13-6-19(2)21(24)8-15-25-16-9-21/h19-20H,3-18H2,1-2H3/t19-,20+/m1/s1. The molecule has 4 fully saturated rings. The third-order valence-corrected chi connectivity index (χ3v) is 8.60. The van der Waals surface area contributed by atoms with Gasteiger partial charge in [0.2, 0.25) is 0 Å². The van der Waals surface area contributed by atoms with Gasteiger partial charge in [0.15, 0.2) is 0 Å². The Bertz CT molecular complexity index is 457. The molecule has 0 aromatic heterocycles. The van der Waals surface area contributed by atoms with Gasteiger partial charge in [-0.05, 0) is 89.4 Å². The largest absolute Gasteiger partial charge is 0.381 e. The highest BCUT2D eigenvalue weighted by atomic mass is 16.5. The third-order valence-electron chi connectivity index (χ3n) is 8.60. The minimum Gasteiger partial charge on any atom is -0.381 e. The molecule has 0 radical (unpaired) electrons. The predicted molar refractivity (Wildman–Crippen MR) is 106 cm³/mol. The zero-order valence-corrected chi connectivity index (χ0v) is 17.2. The highest BCUT2D eigenvalue weighted by molar-refractivity contribution is 5.04. The molecule has 4 saturated heterocycles. The van der Waals surface area contributed by atoms with Gasteiger partial charge in [0.05, 0.1) is 0 Å². The maximum absolute atomic E-state index is 5.72. The lowest BCUT2D eigenvalue weighted by Crippen LogP contribution is -2.52. The normalized spacial score (nSPS) is 34.8. The van der Waals surface area contributed by atoms with Crippen molar-refractivity contribution in [2.24, 2.45) is 11.8 Å². The van der Waals surface area contributed by atoms with Gasteiger partial charge in [-0.2, -0.15) is 0 Å². The minimum absolute atomic E-state index is 0.458. The summed E-state index contributed by atoms with van der Waals surface area (Å²) in [7, 11) is 0. The second-order valence-corrected chi connectivity index (χ2v) is 9.32. The average molecular weight is 365 g/mol. The van der Waals surface area contributed by atoms with Gasteiger partial charge in [-0.3, -0.25) is 9.80 Å². The molecule has 0 aromatic carbocycles. The van der Waals surface area contributed by atoms with Gasteiger partial charge >= 0.3 is 0 Å². The van der Waals surface area contributed by atoms with E-state index in [9.17, 15) is 0 Å². The summed E-state index contributed by atoms with van der Waals surface area (Å²) in [6, 6.07) is 0. The Morgan fingerprint density at radius 1 is 0.846 bits per heavy atom. The molecule has 0 N–H and O–H groups in total. The summed E-state index contributed by atoms with van der Waals surface area (Å²) in [5, 5.41) is 0. The summed E-state index contributed by atoms with van der Waals surface area (Å²) in [5.74, 6) is 1.73. The van der Waals surface area contributed by atoms with Crippen LogP contribution < -0.4 is 0 Å². The number of rotatable bonds is 5. The number of hydrogen-bond donors (Lipinski definition) is 0. The van der Waals surface area contributed by atoms with Crippen LogP contribution >= 0.6 is 0 Å². The summed E-state index contributed by atoms with van der Waals surface area (Å²) in [6.07, 6.45) is 10.6. The second-order valence-electron chi connectivity index (χ2n) is 9.32. The fourth-order valence-electron chi connectivity index (χ4n) is 6.95. The van der Waals surface area contributed by atoms with E-state index in [1.54, 1.807) is 0 Å². The average Bonchev–Trinajstić information content (AvgIpc) is 3.16. The second kappa shape index (κ2) is 8.06. The van der Waals surface area contributed by atoms with Gasteiger partial charge in [0.1, 0.15) is 0 Å². The topological polar surface area (TPSA) is 24.9 Å². The van der Waals surface area contributed by atoms with Crippen LogP contribution in [0.4, 0.5) is 0 Å². The van der Waals surface area contributed by atoms with Crippen LogP contribution in [0.1, 0.15) is 65.2 Å². The van der Waals surface area contributed by atoms with Gasteiger partial charge < -0.3 is 9.47 Å². The van der Waals surface area contributed by atoms with E-state index < -0.39 is 0 Å². The molecule has 4 heteroatoms. The van der Waals surface area contributed by atoms with Crippen molar-refractivity contribution in [3.8, 4) is 0 Å². The lowest BCUT2D eigenvalue weighted by molar-refractivity contribution is -0.0339. The minimum atomic E-state index is 0.458. The lowest BCUT2D eigenvalue weighted by atomic mass is 9.76. The summed E-state index contributed by atoms with van der Waals surface area (Å²) >= 11 is 0. The first-order chi connectivity index (χ1) is 12.7. The number of likely N-dealkylation sites (tertiary alicyclic amines) is 2. The molecule has 0 amide bonds. The summed E-state index contributed by atoms with van der Waals surface area (Å²) < 4.78 is 11.4. The Morgan fingerprint density at radius 2 is 1.46 bits per heavy atom. The predicted octanol–water partition coefficient (Wildman–Crippen LogP) is 3.55. The molecule has 4 aliphatic heterocycles. The summed E-state index contributed by atoms with van der Waals surface area (Å²) in [4.78, 5) is 5.65. The van der Waals surface area contributed by atoms with Crippen molar-refractivity contribution >= 4 is 0 Å². The van der Waals surface area contributed by atoms with Crippen molar-refractivity contribution in [1.82, 2.24) is 9.80 Å². The van der Waals surface area contributed by atoms with Gasteiger partial charge in [0.25, 0.3) is 0 Å². The van der Waals surface area contributed by atoms with Crippen LogP contribution in [0.3, 0.4) is 0 Å². The van der Waals surface area contributed by atoms with Crippen LogP contribution in [0.15, 0.2) is 0 Å². The van der Waals surface area contributed by atoms with E-state index in [4.69, 9.17) is 9.47 Å². The zero-order chi connectivity index (χ0) is 18.0. The fourth-order valence-corrected chi connectivity index (χ4v) is 6.95. The molecule has 0 unspecified atom stereocenters. The van der Waals surface area contributed by atoms with Crippen LogP contribution in [0.25, 0.3) is 0 Å². The molecule has 4 aliphatic rings. The molecule has 0 saturated carbocycles. The first-order valence-corrected chi connectivity index (χ1v) is 11.4. The van der Waals surface area contributed by atoms with E-state index >= 15 is 0 Å². The molecule has 0 aromatic rings. The van der Waals surface area contributed by atoms with Gasteiger partial charge in [-0.15, -0.1) is 0 Å². The molecular formula is C22H40N2O2. The Hall–Kier alpha value is -0.160. The fraction of sp³-hybridized carbons (Fsp3) is 1.00. The van der Waals surface area contributed by atoms with Crippen molar-refractivity contribution in [3.05, 3.63) is 0 Å². The maximum atomic E-state index is 5.72. The van der Waals surface area contributed by atoms with Gasteiger partial charge in [-0.25, -0.2) is 0 Å². The molecular weight excluding hydrogens is 324 g/mol. The molecule has 150 valence electrons. The highest BCUT2D eigenvalue weighted by Gasteiger charge is 2.49. The van der Waals surface area contributed by atoms with E-state index in [0.717, 1.165) is 38.3 Å². The molecule has 2 atom stereocenters. The van der Waals surface area contributed by atoms with Crippen LogP contribution in [0.5, 0.6) is 0 Å². The third kappa shape index (κ3) is 3.25. The van der Waals surface area contributed by atoms with Crippen molar-refractivity contribution in [1.29, 1.82) is 0 Å². The molecule has 2 spiro atoms. The number of nitrogens with zero attached hydrogens (tertiary/aromatic N) is 2. The summed E-state index contributed by atoms with van der Waals surface area (Å²) in [6.45, 7) is 13.9. The van der Waals surface area contributed by atoms with E-state index in [0.29, 0.717) is 11.1 Å². The maximum Gasteiger partial charge on any atom is 0.0483 e. The van der Waals surface area contributed by atoms with Crippen molar-refractivity contribution < 1.29 is 9.47 Å². The van der Waals surface area contributed by atoms with E-state index in [2.05, 4.69) is 23.6 Å². The van der Waals surface area contributed by atoms with E-state index in [-0.39, 0.29) is 0 Å². The highest BCUT2D eigenvalue weighted by Crippen LogP contribution is 2.45. The molecule has 4 nitrogen and oxygen atoms in total. The first-order valence-electron chi connectivity index (χ1n) is 11.4. The quantitative estimate of drug-likeness (QED) is 0.745. The summed E-state index contributed by atoms with van der Waals surface area (Å²) in [5.41, 5.74) is 0.918. The van der Waals surface area contributed by atoms with Gasteiger partial charge in [0, 0.05) is 37.5 Å². The Morgan fingerprint density at radius 3 is 2.12 bits per heavy atom. The number of ether oxygens (including phenoxy) is 2. The molecule has 0 bridgehead atoms. The molecule has 26 heavy (non-hydrogen) atoms. The van der Waals surface area contributed by atoms with Crippen molar-refractivity contribution in [2.75, 3.05) is 52.6 Å². The Balaban J connectivity index is 1.35. The number of hydrogen-bond acceptors (Lipinski definition) is 4. The Kier molecular flexibility index (Phi) is 5.95. The Labute approximate surface area is 160 Å². The SMILES string of the molecule is CCN1CC[C@H](CCCN2CC[C@@H](C)C23CCOCC3)C12CCOCC2. The van der Waals surface area contributed by atoms with E-state index in [1.165, 1.54) is 77.5 Å². The zero-order valence-electron chi connectivity index (χ0n) is 17.2. The van der Waals surface area contributed by atoms with Crippen molar-refractivity contribution in [3.63, 3.8) is 0 Å². The van der Waals surface area contributed by atoms with E-state index in [1.807, 2.05) is 0 Å². The van der Waals surface area contributed by atoms with Crippen LogP contribution in [0, 0.1) is 11.8 Å². The lowest BCUT2D eigenvalue weighted by Gasteiger charge is -2.46. The monoisotopic (exact) mass is 364 g/mol. The van der Waals surface area contributed by atoms with Crippen LogP contribution in [-0.2, 0) is 9.47 Å². The van der Waals surface area contributed by atoms with Crippen molar-refractivity contribution in [2.45, 2.75) is 76.3 Å². The van der Waals surface area contributed by atoms with Crippen LogP contribution in [-0.4, -0.2) is 73.5 Å². The van der Waals surface area contributed by atoms with Gasteiger partial charge in [-0.1, -0.05) is 13.8 Å². The molecule has 4 rings (SSSR count). The first kappa shape index (κ1) is 19.2. The van der Waals surface area contributed by atoms with Crippen LogP contribution in [0.2, 0.25) is 0 Å². The smallest absolute Gasteiger partial charge is 0.0483 e.